The van der Waals surface area contributed by atoms with Crippen molar-refractivity contribution in [3.05, 3.63) is 23.8 Å². The predicted octanol–water partition coefficient (Wildman–Crippen LogP) is 1.42. The van der Waals surface area contributed by atoms with Gasteiger partial charge >= 0.3 is 5.97 Å². The minimum absolute atomic E-state index is 0.0432. The smallest absolute Gasteiger partial charge is 0.308 e. The maximum Gasteiger partial charge on any atom is 0.308 e. The Morgan fingerprint density at radius 2 is 2.21 bits per heavy atom. The van der Waals surface area contributed by atoms with Gasteiger partial charge in [-0.05, 0) is 19.1 Å². The van der Waals surface area contributed by atoms with E-state index in [-0.39, 0.29) is 12.2 Å². The van der Waals surface area contributed by atoms with Crippen LogP contribution in [0.3, 0.4) is 0 Å². The van der Waals surface area contributed by atoms with Crippen LogP contribution in [0, 0.1) is 0 Å². The fraction of sp³-hybridized carbons (Fsp3) is 0.300. The van der Waals surface area contributed by atoms with Gasteiger partial charge in [0.15, 0.2) is 0 Å². The van der Waals surface area contributed by atoms with Crippen molar-refractivity contribution in [1.82, 2.24) is 0 Å². The molecule has 4 nitrogen and oxygen atoms in total. The van der Waals surface area contributed by atoms with Crippen molar-refractivity contribution in [2.24, 2.45) is 0 Å². The van der Waals surface area contributed by atoms with Crippen molar-refractivity contribution in [3.8, 4) is 11.5 Å². The van der Waals surface area contributed by atoms with Crippen LogP contribution in [0.2, 0.25) is 0 Å². The number of ether oxygens (including phenoxy) is 1. The average Bonchev–Trinajstić information content (AvgIpc) is 2.11. The first-order chi connectivity index (χ1) is 6.65. The lowest BCUT2D eigenvalue weighted by molar-refractivity contribution is -0.136. The Kier molecular flexibility index (Phi) is 3.34. The minimum atomic E-state index is -0.993. The van der Waals surface area contributed by atoms with Gasteiger partial charge < -0.3 is 14.9 Å². The molecule has 0 spiro atoms. The Hall–Kier alpha value is -1.71. The number of benzene rings is 1. The summed E-state index contributed by atoms with van der Waals surface area (Å²) in [7, 11) is 0. The molecule has 0 bridgehead atoms. The fourth-order valence-corrected chi connectivity index (χ4v) is 1.17. The predicted molar refractivity (Wildman–Crippen MR) is 50.6 cm³/mol. The van der Waals surface area contributed by atoms with Crippen LogP contribution in [0.5, 0.6) is 11.5 Å². The van der Waals surface area contributed by atoms with Crippen LogP contribution in [0.4, 0.5) is 0 Å². The van der Waals surface area contributed by atoms with Gasteiger partial charge in [0, 0.05) is 5.56 Å². The molecule has 0 aliphatic heterocycles. The van der Waals surface area contributed by atoms with Crippen molar-refractivity contribution in [1.29, 1.82) is 0 Å². The number of carboxylic acids is 1. The van der Waals surface area contributed by atoms with Crippen molar-refractivity contribution in [2.45, 2.75) is 13.3 Å². The van der Waals surface area contributed by atoms with Crippen LogP contribution in [0.1, 0.15) is 12.5 Å². The van der Waals surface area contributed by atoms with Crippen LogP contribution >= 0.6 is 0 Å². The Morgan fingerprint density at radius 3 is 2.79 bits per heavy atom. The Bertz CT molecular complexity index is 333. The second kappa shape index (κ2) is 4.50. The molecule has 0 radical (unpaired) electrons. The molecule has 0 heterocycles. The first-order valence-corrected chi connectivity index (χ1v) is 4.30. The second-order valence-corrected chi connectivity index (χ2v) is 2.76. The number of rotatable bonds is 4. The standard InChI is InChI=1S/C10H12O4/c1-2-14-9-5-3-4-8(11)7(9)6-10(12)13/h3-5,11H,2,6H2,1H3,(H,12,13). The second-order valence-electron chi connectivity index (χ2n) is 2.76. The van der Waals surface area contributed by atoms with Gasteiger partial charge in [-0.3, -0.25) is 4.79 Å². The van der Waals surface area contributed by atoms with Gasteiger partial charge in [0.05, 0.1) is 13.0 Å². The number of carboxylic acid groups (broad SMARTS) is 1. The highest BCUT2D eigenvalue weighted by Gasteiger charge is 2.11. The van der Waals surface area contributed by atoms with E-state index in [1.807, 2.05) is 0 Å². The zero-order valence-corrected chi connectivity index (χ0v) is 7.86. The molecule has 0 saturated heterocycles. The molecule has 1 rings (SSSR count). The van der Waals surface area contributed by atoms with E-state index in [1.165, 1.54) is 6.07 Å². The van der Waals surface area contributed by atoms with Gasteiger partial charge in [-0.25, -0.2) is 0 Å². The fourth-order valence-electron chi connectivity index (χ4n) is 1.17. The molecule has 0 amide bonds. The van der Waals surface area contributed by atoms with Gasteiger partial charge in [-0.1, -0.05) is 6.07 Å². The highest BCUT2D eigenvalue weighted by Crippen LogP contribution is 2.27. The third kappa shape index (κ3) is 2.39. The SMILES string of the molecule is CCOc1cccc(O)c1CC(=O)O. The molecule has 0 aliphatic rings. The molecule has 0 atom stereocenters. The molecule has 0 unspecified atom stereocenters. The molecule has 76 valence electrons. The lowest BCUT2D eigenvalue weighted by atomic mass is 10.1. The summed E-state index contributed by atoms with van der Waals surface area (Å²) in [6.07, 6.45) is -0.234. The van der Waals surface area contributed by atoms with E-state index in [9.17, 15) is 9.90 Å². The van der Waals surface area contributed by atoms with Gasteiger partial charge in [0.2, 0.25) is 0 Å². The van der Waals surface area contributed by atoms with E-state index in [4.69, 9.17) is 9.84 Å². The molecule has 2 N–H and O–H groups in total. The Morgan fingerprint density at radius 1 is 1.50 bits per heavy atom. The van der Waals surface area contributed by atoms with Crippen molar-refractivity contribution in [2.75, 3.05) is 6.61 Å². The summed E-state index contributed by atoms with van der Waals surface area (Å²) < 4.78 is 5.20. The maximum atomic E-state index is 10.5. The highest BCUT2D eigenvalue weighted by atomic mass is 16.5. The molecule has 0 saturated carbocycles. The van der Waals surface area contributed by atoms with E-state index in [0.717, 1.165) is 0 Å². The average molecular weight is 196 g/mol. The van der Waals surface area contributed by atoms with Gasteiger partial charge in [0.25, 0.3) is 0 Å². The van der Waals surface area contributed by atoms with Crippen LogP contribution in [0.15, 0.2) is 18.2 Å². The summed E-state index contributed by atoms with van der Waals surface area (Å²) in [6, 6.07) is 4.70. The zero-order chi connectivity index (χ0) is 10.6. The third-order valence-corrected chi connectivity index (χ3v) is 1.74. The summed E-state index contributed by atoms with van der Waals surface area (Å²) in [5.41, 5.74) is 0.321. The van der Waals surface area contributed by atoms with Crippen molar-refractivity contribution >= 4 is 5.97 Å². The van der Waals surface area contributed by atoms with E-state index >= 15 is 0 Å². The summed E-state index contributed by atoms with van der Waals surface area (Å²) >= 11 is 0. The summed E-state index contributed by atoms with van der Waals surface area (Å²) in [5, 5.41) is 18.0. The largest absolute Gasteiger partial charge is 0.508 e. The molecule has 1 aromatic rings. The molecule has 14 heavy (non-hydrogen) atoms. The van der Waals surface area contributed by atoms with Gasteiger partial charge in [-0.2, -0.15) is 0 Å². The van der Waals surface area contributed by atoms with Crippen LogP contribution in [-0.4, -0.2) is 22.8 Å². The van der Waals surface area contributed by atoms with Crippen molar-refractivity contribution < 1.29 is 19.7 Å². The van der Waals surface area contributed by atoms with E-state index in [2.05, 4.69) is 0 Å². The summed E-state index contributed by atoms with van der Waals surface area (Å²) in [6.45, 7) is 2.24. The maximum absolute atomic E-state index is 10.5. The number of phenolic OH excluding ortho intramolecular Hbond substituents is 1. The lowest BCUT2D eigenvalue weighted by Gasteiger charge is -2.09. The Labute approximate surface area is 81.8 Å². The highest BCUT2D eigenvalue weighted by molar-refractivity contribution is 5.72. The molecular formula is C10H12O4. The van der Waals surface area contributed by atoms with E-state index in [0.29, 0.717) is 17.9 Å². The van der Waals surface area contributed by atoms with E-state index < -0.39 is 5.97 Å². The molecule has 0 aliphatic carbocycles. The number of aliphatic carboxylic acids is 1. The summed E-state index contributed by atoms with van der Waals surface area (Å²) in [4.78, 5) is 10.5. The monoisotopic (exact) mass is 196 g/mol. The normalized spacial score (nSPS) is 9.79. The van der Waals surface area contributed by atoms with Gasteiger partial charge in [-0.15, -0.1) is 0 Å². The lowest BCUT2D eigenvalue weighted by Crippen LogP contribution is -2.04. The molecular weight excluding hydrogens is 184 g/mol. The molecule has 0 aromatic heterocycles. The van der Waals surface area contributed by atoms with Gasteiger partial charge in [0.1, 0.15) is 11.5 Å². The number of hydrogen-bond acceptors (Lipinski definition) is 3. The van der Waals surface area contributed by atoms with Crippen molar-refractivity contribution in [3.63, 3.8) is 0 Å². The van der Waals surface area contributed by atoms with Crippen LogP contribution in [0.25, 0.3) is 0 Å². The molecule has 0 fully saturated rings. The topological polar surface area (TPSA) is 66.8 Å². The Balaban J connectivity index is 3.02. The number of aromatic hydroxyl groups is 1. The van der Waals surface area contributed by atoms with Crippen LogP contribution in [-0.2, 0) is 11.2 Å². The summed E-state index contributed by atoms with van der Waals surface area (Å²) in [5.74, 6) is -0.610. The first-order valence-electron chi connectivity index (χ1n) is 4.30. The quantitative estimate of drug-likeness (QED) is 0.764. The zero-order valence-electron chi connectivity index (χ0n) is 7.86. The van der Waals surface area contributed by atoms with E-state index in [1.54, 1.807) is 19.1 Å². The number of hydrogen-bond donors (Lipinski definition) is 2. The molecule has 1 aromatic carbocycles. The molecule has 4 heteroatoms. The minimum Gasteiger partial charge on any atom is -0.508 e. The number of carbonyl (C=O) groups is 1. The number of phenols is 1. The van der Waals surface area contributed by atoms with Crippen LogP contribution < -0.4 is 4.74 Å². The first kappa shape index (κ1) is 10.4. The third-order valence-electron chi connectivity index (χ3n) is 1.74.